The first-order valence-electron chi connectivity index (χ1n) is 5.23. The summed E-state index contributed by atoms with van der Waals surface area (Å²) in [7, 11) is 0. The Morgan fingerprint density at radius 2 is 2.06 bits per heavy atom. The molecule has 0 aliphatic carbocycles. The summed E-state index contributed by atoms with van der Waals surface area (Å²) in [4.78, 5) is 0. The van der Waals surface area contributed by atoms with E-state index in [9.17, 15) is 0 Å². The van der Waals surface area contributed by atoms with Gasteiger partial charge >= 0.3 is 0 Å². The number of rotatable bonds is 3. The molecule has 1 aromatic heterocycles. The van der Waals surface area contributed by atoms with Gasteiger partial charge in [-0.05, 0) is 12.1 Å². The summed E-state index contributed by atoms with van der Waals surface area (Å²) < 4.78 is 5.17. The zero-order valence-electron chi connectivity index (χ0n) is 9.18. The van der Waals surface area contributed by atoms with E-state index < -0.39 is 0 Å². The highest BCUT2D eigenvalue weighted by atomic mass is 16.5. The Labute approximate surface area is 99.7 Å². The van der Waals surface area contributed by atoms with Crippen LogP contribution in [0.15, 0.2) is 34.9 Å². The molecular weight excluding hydrogens is 212 g/mol. The molecule has 82 valence electrons. The Bertz CT molecular complexity index is 582. The van der Waals surface area contributed by atoms with E-state index >= 15 is 0 Å². The Morgan fingerprint density at radius 1 is 1.29 bits per heavy atom. The zero-order chi connectivity index (χ0) is 12.1. The molecule has 0 spiro atoms. The second kappa shape index (κ2) is 5.01. The van der Waals surface area contributed by atoms with E-state index in [1.54, 1.807) is 12.1 Å². The Morgan fingerprint density at radius 3 is 2.71 bits per heavy atom. The predicted octanol–water partition coefficient (Wildman–Crippen LogP) is 2.78. The van der Waals surface area contributed by atoms with Crippen molar-refractivity contribution < 1.29 is 4.52 Å². The molecule has 0 amide bonds. The van der Waals surface area contributed by atoms with Gasteiger partial charge in [0, 0.05) is 24.5 Å². The van der Waals surface area contributed by atoms with Crippen LogP contribution in [0.5, 0.6) is 0 Å². The highest BCUT2D eigenvalue weighted by molar-refractivity contribution is 5.59. The lowest BCUT2D eigenvalue weighted by Gasteiger charge is -1.93. The van der Waals surface area contributed by atoms with Gasteiger partial charge in [0.25, 0.3) is 0 Å². The van der Waals surface area contributed by atoms with Gasteiger partial charge in [-0.2, -0.15) is 5.26 Å². The molecule has 0 N–H and O–H groups in total. The van der Waals surface area contributed by atoms with Crippen LogP contribution >= 0.6 is 0 Å². The summed E-state index contributed by atoms with van der Waals surface area (Å²) in [5, 5.41) is 12.7. The molecule has 3 nitrogen and oxygen atoms in total. The minimum atomic E-state index is 0.629. The molecule has 2 rings (SSSR count). The van der Waals surface area contributed by atoms with E-state index in [-0.39, 0.29) is 0 Å². The molecule has 0 aliphatic heterocycles. The standard InChI is InChI=1S/C14H10N2O/c1-2-3-4-13-9-14(16-17-13)12-7-5-11(10-15)6-8-12/h1,5-9H,3-4H2. The van der Waals surface area contributed by atoms with Gasteiger partial charge in [0.15, 0.2) is 0 Å². The molecule has 0 fully saturated rings. The van der Waals surface area contributed by atoms with Crippen molar-refractivity contribution in [2.24, 2.45) is 0 Å². The number of benzene rings is 1. The monoisotopic (exact) mass is 222 g/mol. The average molecular weight is 222 g/mol. The van der Waals surface area contributed by atoms with Crippen molar-refractivity contribution in [1.82, 2.24) is 5.16 Å². The van der Waals surface area contributed by atoms with E-state index in [2.05, 4.69) is 17.1 Å². The topological polar surface area (TPSA) is 49.8 Å². The van der Waals surface area contributed by atoms with Crippen LogP contribution in [0.4, 0.5) is 0 Å². The SMILES string of the molecule is C#CCCc1cc(-c2ccc(C#N)cc2)no1. The maximum atomic E-state index is 8.70. The van der Waals surface area contributed by atoms with Crippen molar-refractivity contribution >= 4 is 0 Å². The van der Waals surface area contributed by atoms with Gasteiger partial charge in [-0.15, -0.1) is 12.3 Å². The predicted molar refractivity (Wildman–Crippen MR) is 63.8 cm³/mol. The minimum Gasteiger partial charge on any atom is -0.361 e. The third-order valence-electron chi connectivity index (χ3n) is 2.38. The van der Waals surface area contributed by atoms with Crippen LogP contribution in [-0.4, -0.2) is 5.16 Å². The molecule has 0 saturated heterocycles. The first-order chi connectivity index (χ1) is 8.33. The van der Waals surface area contributed by atoms with Crippen molar-refractivity contribution in [3.05, 3.63) is 41.7 Å². The second-order valence-electron chi connectivity index (χ2n) is 3.57. The van der Waals surface area contributed by atoms with E-state index in [1.165, 1.54) is 0 Å². The molecule has 2 aromatic rings. The summed E-state index contributed by atoms with van der Waals surface area (Å²) in [6.45, 7) is 0. The highest BCUT2D eigenvalue weighted by Crippen LogP contribution is 2.20. The lowest BCUT2D eigenvalue weighted by Crippen LogP contribution is -1.79. The van der Waals surface area contributed by atoms with E-state index in [4.69, 9.17) is 16.2 Å². The van der Waals surface area contributed by atoms with Gasteiger partial charge in [-0.3, -0.25) is 0 Å². The molecule has 17 heavy (non-hydrogen) atoms. The molecule has 0 radical (unpaired) electrons. The molecule has 1 aromatic carbocycles. The number of hydrogen-bond donors (Lipinski definition) is 0. The van der Waals surface area contributed by atoms with Crippen LogP contribution in [-0.2, 0) is 6.42 Å². The summed E-state index contributed by atoms with van der Waals surface area (Å²) in [5.41, 5.74) is 2.33. The smallest absolute Gasteiger partial charge is 0.138 e. The Balaban J connectivity index is 2.19. The minimum absolute atomic E-state index is 0.629. The van der Waals surface area contributed by atoms with E-state index in [0.29, 0.717) is 18.4 Å². The first-order valence-corrected chi connectivity index (χ1v) is 5.23. The van der Waals surface area contributed by atoms with Crippen molar-refractivity contribution in [1.29, 1.82) is 5.26 Å². The lowest BCUT2D eigenvalue weighted by atomic mass is 10.1. The number of aromatic nitrogens is 1. The molecule has 0 unspecified atom stereocenters. The van der Waals surface area contributed by atoms with Crippen LogP contribution in [0, 0.1) is 23.7 Å². The van der Waals surface area contributed by atoms with Crippen LogP contribution in [0.1, 0.15) is 17.7 Å². The summed E-state index contributed by atoms with van der Waals surface area (Å²) in [6.07, 6.45) is 6.52. The summed E-state index contributed by atoms with van der Waals surface area (Å²) in [5.74, 6) is 3.34. The second-order valence-corrected chi connectivity index (χ2v) is 3.57. The molecule has 0 atom stereocenters. The van der Waals surface area contributed by atoms with Crippen molar-refractivity contribution in [3.8, 4) is 29.7 Å². The fourth-order valence-corrected chi connectivity index (χ4v) is 1.48. The zero-order valence-corrected chi connectivity index (χ0v) is 9.18. The normalized spacial score (nSPS) is 9.53. The van der Waals surface area contributed by atoms with Gasteiger partial charge < -0.3 is 4.52 Å². The third-order valence-corrected chi connectivity index (χ3v) is 2.38. The maximum absolute atomic E-state index is 8.70. The maximum Gasteiger partial charge on any atom is 0.138 e. The average Bonchev–Trinajstić information content (AvgIpc) is 2.85. The molecule has 1 heterocycles. The van der Waals surface area contributed by atoms with Gasteiger partial charge in [0.05, 0.1) is 11.6 Å². The summed E-state index contributed by atoms with van der Waals surface area (Å²) >= 11 is 0. The van der Waals surface area contributed by atoms with Gasteiger partial charge in [0.2, 0.25) is 0 Å². The van der Waals surface area contributed by atoms with Crippen LogP contribution in [0.2, 0.25) is 0 Å². The number of hydrogen-bond acceptors (Lipinski definition) is 3. The molecule has 0 saturated carbocycles. The third kappa shape index (κ3) is 2.53. The first kappa shape index (κ1) is 11.0. The van der Waals surface area contributed by atoms with Crippen LogP contribution in [0.3, 0.4) is 0 Å². The molecule has 0 aliphatic rings. The fourth-order valence-electron chi connectivity index (χ4n) is 1.48. The van der Waals surface area contributed by atoms with Crippen molar-refractivity contribution in [2.45, 2.75) is 12.8 Å². The quantitative estimate of drug-likeness (QED) is 0.750. The summed E-state index contributed by atoms with van der Waals surface area (Å²) in [6, 6.07) is 11.2. The van der Waals surface area contributed by atoms with Crippen LogP contribution < -0.4 is 0 Å². The molecular formula is C14H10N2O. The largest absolute Gasteiger partial charge is 0.361 e. The number of nitrogens with zero attached hydrogens (tertiary/aromatic N) is 2. The van der Waals surface area contributed by atoms with Crippen molar-refractivity contribution in [2.75, 3.05) is 0 Å². The van der Waals surface area contributed by atoms with E-state index in [1.807, 2.05) is 18.2 Å². The van der Waals surface area contributed by atoms with Crippen molar-refractivity contribution in [3.63, 3.8) is 0 Å². The number of terminal acetylenes is 1. The highest BCUT2D eigenvalue weighted by Gasteiger charge is 2.05. The Hall–Kier alpha value is -2.52. The number of aryl methyl sites for hydroxylation is 1. The van der Waals surface area contributed by atoms with Gasteiger partial charge in [0.1, 0.15) is 11.5 Å². The van der Waals surface area contributed by atoms with E-state index in [0.717, 1.165) is 17.0 Å². The fraction of sp³-hybridized carbons (Fsp3) is 0.143. The lowest BCUT2D eigenvalue weighted by molar-refractivity contribution is 0.386. The Kier molecular flexibility index (Phi) is 3.23. The molecule has 3 heteroatoms. The molecule has 0 bridgehead atoms. The van der Waals surface area contributed by atoms with Gasteiger partial charge in [-0.25, -0.2) is 0 Å². The van der Waals surface area contributed by atoms with Crippen LogP contribution in [0.25, 0.3) is 11.3 Å². The van der Waals surface area contributed by atoms with Gasteiger partial charge in [-0.1, -0.05) is 17.3 Å². The number of nitriles is 1.